The number of nitrogens with two attached hydrogens (primary N) is 1. The highest BCUT2D eigenvalue weighted by Gasteiger charge is 2.13. The van der Waals surface area contributed by atoms with Gasteiger partial charge in [-0.3, -0.25) is 0 Å². The fraction of sp³-hybridized carbons (Fsp3) is 0. The fourth-order valence-corrected chi connectivity index (χ4v) is 3.34. The minimum atomic E-state index is -3.67. The first kappa shape index (κ1) is 15.0. The molecule has 0 amide bonds. The van der Waals surface area contributed by atoms with Crippen LogP contribution in [0.25, 0.3) is 0 Å². The van der Waals surface area contributed by atoms with Crippen molar-refractivity contribution in [3.63, 3.8) is 0 Å². The molecule has 0 aliphatic carbocycles. The SMILES string of the molecule is Cl.NS(=O)(=O)c1ccccc1Sc1ccccc1. The molecule has 0 saturated heterocycles. The van der Waals surface area contributed by atoms with Crippen LogP contribution in [0.5, 0.6) is 0 Å². The van der Waals surface area contributed by atoms with Crippen LogP contribution in [0, 0.1) is 0 Å². The second-order valence-electron chi connectivity index (χ2n) is 3.41. The van der Waals surface area contributed by atoms with Gasteiger partial charge in [-0.15, -0.1) is 12.4 Å². The molecule has 3 nitrogen and oxygen atoms in total. The van der Waals surface area contributed by atoms with Crippen molar-refractivity contribution in [1.29, 1.82) is 0 Å². The van der Waals surface area contributed by atoms with Gasteiger partial charge in [0.25, 0.3) is 0 Å². The second kappa shape index (κ2) is 6.24. The third-order valence-electron chi connectivity index (χ3n) is 2.13. The normalized spacial score (nSPS) is 10.7. The number of sulfonamides is 1. The molecule has 0 aromatic heterocycles. The van der Waals surface area contributed by atoms with E-state index in [-0.39, 0.29) is 17.3 Å². The maximum Gasteiger partial charge on any atom is 0.239 e. The summed E-state index contributed by atoms with van der Waals surface area (Å²) in [5.41, 5.74) is 0. The van der Waals surface area contributed by atoms with Gasteiger partial charge in [0, 0.05) is 9.79 Å². The molecule has 2 aromatic rings. The van der Waals surface area contributed by atoms with Crippen LogP contribution in [0.2, 0.25) is 0 Å². The quantitative estimate of drug-likeness (QED) is 0.948. The minimum Gasteiger partial charge on any atom is -0.225 e. The predicted molar refractivity (Wildman–Crippen MR) is 75.6 cm³/mol. The lowest BCUT2D eigenvalue weighted by Gasteiger charge is -2.06. The van der Waals surface area contributed by atoms with Crippen LogP contribution in [-0.4, -0.2) is 8.42 Å². The third-order valence-corrected chi connectivity index (χ3v) is 4.31. The molecule has 96 valence electrons. The van der Waals surface area contributed by atoms with Gasteiger partial charge in [-0.1, -0.05) is 42.1 Å². The van der Waals surface area contributed by atoms with Gasteiger partial charge >= 0.3 is 0 Å². The number of hydrogen-bond donors (Lipinski definition) is 1. The van der Waals surface area contributed by atoms with E-state index in [9.17, 15) is 8.42 Å². The van der Waals surface area contributed by atoms with Crippen molar-refractivity contribution in [3.8, 4) is 0 Å². The lowest BCUT2D eigenvalue weighted by atomic mass is 10.4. The first-order valence-corrected chi connectivity index (χ1v) is 7.28. The highest BCUT2D eigenvalue weighted by Crippen LogP contribution is 2.31. The van der Waals surface area contributed by atoms with E-state index in [0.29, 0.717) is 4.90 Å². The van der Waals surface area contributed by atoms with Crippen molar-refractivity contribution in [2.24, 2.45) is 5.14 Å². The Morgan fingerprint density at radius 3 is 2.06 bits per heavy atom. The van der Waals surface area contributed by atoms with Gasteiger partial charge in [0.1, 0.15) is 0 Å². The molecule has 18 heavy (non-hydrogen) atoms. The number of benzene rings is 2. The summed E-state index contributed by atoms with van der Waals surface area (Å²) < 4.78 is 22.8. The van der Waals surface area contributed by atoms with Gasteiger partial charge in [0.05, 0.1) is 4.90 Å². The lowest BCUT2D eigenvalue weighted by molar-refractivity contribution is 0.596. The monoisotopic (exact) mass is 301 g/mol. The van der Waals surface area contributed by atoms with Crippen LogP contribution in [-0.2, 0) is 10.0 Å². The zero-order chi connectivity index (χ0) is 12.3. The Kier molecular flexibility index (Phi) is 5.22. The molecular weight excluding hydrogens is 290 g/mol. The van der Waals surface area contributed by atoms with E-state index in [1.54, 1.807) is 18.2 Å². The summed E-state index contributed by atoms with van der Waals surface area (Å²) in [4.78, 5) is 1.78. The van der Waals surface area contributed by atoms with Gasteiger partial charge < -0.3 is 0 Å². The lowest BCUT2D eigenvalue weighted by Crippen LogP contribution is -2.13. The predicted octanol–water partition coefficient (Wildman–Crippen LogP) is 2.91. The Hall–Kier alpha value is -1.01. The van der Waals surface area contributed by atoms with Crippen LogP contribution >= 0.6 is 24.2 Å². The van der Waals surface area contributed by atoms with Gasteiger partial charge in [-0.25, -0.2) is 13.6 Å². The molecule has 0 atom stereocenters. The van der Waals surface area contributed by atoms with Crippen molar-refractivity contribution in [1.82, 2.24) is 0 Å². The summed E-state index contributed by atoms with van der Waals surface area (Å²) in [6.07, 6.45) is 0. The zero-order valence-corrected chi connectivity index (χ0v) is 11.8. The fourth-order valence-electron chi connectivity index (χ4n) is 1.39. The number of primary sulfonamides is 1. The molecule has 0 bridgehead atoms. The molecule has 0 spiro atoms. The van der Waals surface area contributed by atoms with Gasteiger partial charge in [-0.2, -0.15) is 0 Å². The maximum atomic E-state index is 11.4. The van der Waals surface area contributed by atoms with Crippen molar-refractivity contribution < 1.29 is 8.42 Å². The summed E-state index contributed by atoms with van der Waals surface area (Å²) in [5.74, 6) is 0. The molecule has 0 aliphatic rings. The summed E-state index contributed by atoms with van der Waals surface area (Å²) in [5, 5.41) is 5.17. The van der Waals surface area contributed by atoms with E-state index in [2.05, 4.69) is 0 Å². The summed E-state index contributed by atoms with van der Waals surface area (Å²) in [7, 11) is -3.67. The highest BCUT2D eigenvalue weighted by atomic mass is 35.5. The molecule has 0 saturated carbocycles. The molecule has 2 aromatic carbocycles. The summed E-state index contributed by atoms with van der Waals surface area (Å²) >= 11 is 1.38. The van der Waals surface area contributed by atoms with E-state index in [4.69, 9.17) is 5.14 Å². The largest absolute Gasteiger partial charge is 0.239 e. The van der Waals surface area contributed by atoms with Crippen molar-refractivity contribution in [2.75, 3.05) is 0 Å². The second-order valence-corrected chi connectivity index (χ2v) is 6.05. The van der Waals surface area contributed by atoms with Gasteiger partial charge in [0.2, 0.25) is 10.0 Å². The van der Waals surface area contributed by atoms with Crippen LogP contribution in [0.3, 0.4) is 0 Å². The molecule has 0 radical (unpaired) electrons. The molecule has 0 fully saturated rings. The van der Waals surface area contributed by atoms with E-state index in [0.717, 1.165) is 4.90 Å². The van der Waals surface area contributed by atoms with E-state index >= 15 is 0 Å². The zero-order valence-electron chi connectivity index (χ0n) is 9.31. The van der Waals surface area contributed by atoms with Gasteiger partial charge in [-0.05, 0) is 24.3 Å². The third kappa shape index (κ3) is 3.74. The minimum absolute atomic E-state index is 0. The van der Waals surface area contributed by atoms with Crippen molar-refractivity contribution >= 4 is 34.2 Å². The van der Waals surface area contributed by atoms with Crippen molar-refractivity contribution in [3.05, 3.63) is 54.6 Å². The Morgan fingerprint density at radius 1 is 0.889 bits per heavy atom. The number of hydrogen-bond acceptors (Lipinski definition) is 3. The summed E-state index contributed by atoms with van der Waals surface area (Å²) in [6, 6.07) is 16.3. The number of rotatable bonds is 3. The van der Waals surface area contributed by atoms with Crippen LogP contribution in [0.1, 0.15) is 0 Å². The molecular formula is C12H12ClNO2S2. The molecule has 0 heterocycles. The maximum absolute atomic E-state index is 11.4. The Labute approximate surface area is 117 Å². The molecule has 0 unspecified atom stereocenters. The van der Waals surface area contributed by atoms with E-state index in [1.807, 2.05) is 30.3 Å². The average molecular weight is 302 g/mol. The highest BCUT2D eigenvalue weighted by molar-refractivity contribution is 8.00. The van der Waals surface area contributed by atoms with E-state index in [1.165, 1.54) is 17.8 Å². The number of halogens is 1. The Morgan fingerprint density at radius 2 is 1.44 bits per heavy atom. The molecule has 0 aliphatic heterocycles. The first-order valence-electron chi connectivity index (χ1n) is 4.92. The standard InChI is InChI=1S/C12H11NO2S2.ClH/c13-17(14,15)12-9-5-4-8-11(12)16-10-6-2-1-3-7-10;/h1-9H,(H2,13,14,15);1H. The summed E-state index contributed by atoms with van der Waals surface area (Å²) in [6.45, 7) is 0. The molecule has 6 heteroatoms. The van der Waals surface area contributed by atoms with Crippen LogP contribution < -0.4 is 5.14 Å². The topological polar surface area (TPSA) is 60.2 Å². The Balaban J connectivity index is 0.00000162. The van der Waals surface area contributed by atoms with Crippen LogP contribution in [0.4, 0.5) is 0 Å². The first-order chi connectivity index (χ1) is 8.07. The molecule has 2 rings (SSSR count). The van der Waals surface area contributed by atoms with Crippen LogP contribution in [0.15, 0.2) is 69.3 Å². The van der Waals surface area contributed by atoms with E-state index < -0.39 is 10.0 Å². The smallest absolute Gasteiger partial charge is 0.225 e. The Bertz CT molecular complexity index is 615. The van der Waals surface area contributed by atoms with Crippen molar-refractivity contribution in [2.45, 2.75) is 14.7 Å². The van der Waals surface area contributed by atoms with Gasteiger partial charge in [0.15, 0.2) is 0 Å². The molecule has 2 N–H and O–H groups in total. The average Bonchev–Trinajstić information content (AvgIpc) is 2.30.